The molecule has 0 saturated carbocycles. The second kappa shape index (κ2) is 4.64. The molecule has 0 amide bonds. The van der Waals surface area contributed by atoms with E-state index >= 15 is 0 Å². The zero-order valence-electron chi connectivity index (χ0n) is 9.68. The first kappa shape index (κ1) is 12.5. The van der Waals surface area contributed by atoms with Crippen molar-refractivity contribution in [3.63, 3.8) is 0 Å². The van der Waals surface area contributed by atoms with E-state index in [2.05, 4.69) is 34.6 Å². The number of hydrogen-bond donors (Lipinski definition) is 0. The van der Waals surface area contributed by atoms with Crippen LogP contribution >= 0.6 is 0 Å². The Morgan fingerprint density at radius 2 is 1.77 bits per heavy atom. The minimum Gasteiger partial charge on any atom is -0.469 e. The fraction of sp³-hybridized carbons (Fsp3) is 0.909. The summed E-state index contributed by atoms with van der Waals surface area (Å²) < 4.78 is 4.78. The van der Waals surface area contributed by atoms with Crippen LogP contribution in [0.4, 0.5) is 0 Å². The molecule has 0 aliphatic rings. The van der Waals surface area contributed by atoms with Gasteiger partial charge in [0.1, 0.15) is 0 Å². The lowest BCUT2D eigenvalue weighted by Gasteiger charge is -2.26. The van der Waals surface area contributed by atoms with Gasteiger partial charge in [-0.05, 0) is 17.8 Å². The average molecular weight is 186 g/mol. The molecule has 0 radical (unpaired) electrons. The lowest BCUT2D eigenvalue weighted by Crippen LogP contribution is -2.26. The Bertz CT molecular complexity index is 165. The van der Waals surface area contributed by atoms with Crippen molar-refractivity contribution in [1.29, 1.82) is 0 Å². The smallest absolute Gasteiger partial charge is 0.308 e. The summed E-state index contributed by atoms with van der Waals surface area (Å²) in [5.41, 5.74) is 0.184. The summed E-state index contributed by atoms with van der Waals surface area (Å²) >= 11 is 0. The standard InChI is InChI=1S/C11H22O2/c1-8(2)9(10(12)13-6)7-11(3,4)5/h8-9H,7H2,1-6H3. The van der Waals surface area contributed by atoms with Gasteiger partial charge in [-0.2, -0.15) is 0 Å². The largest absolute Gasteiger partial charge is 0.469 e. The Hall–Kier alpha value is -0.530. The molecule has 0 saturated heterocycles. The highest BCUT2D eigenvalue weighted by atomic mass is 16.5. The van der Waals surface area contributed by atoms with Crippen molar-refractivity contribution in [3.8, 4) is 0 Å². The monoisotopic (exact) mass is 186 g/mol. The summed E-state index contributed by atoms with van der Waals surface area (Å²) in [4.78, 5) is 11.4. The predicted octanol–water partition coefficient (Wildman–Crippen LogP) is 2.87. The van der Waals surface area contributed by atoms with E-state index < -0.39 is 0 Å². The van der Waals surface area contributed by atoms with Gasteiger partial charge in [0, 0.05) is 0 Å². The van der Waals surface area contributed by atoms with Gasteiger partial charge < -0.3 is 4.74 Å². The summed E-state index contributed by atoms with van der Waals surface area (Å²) in [5.74, 6) is 0.307. The molecule has 0 heterocycles. The Labute approximate surface area is 81.7 Å². The molecule has 0 aromatic carbocycles. The van der Waals surface area contributed by atoms with Crippen molar-refractivity contribution in [1.82, 2.24) is 0 Å². The van der Waals surface area contributed by atoms with Crippen molar-refractivity contribution in [2.24, 2.45) is 17.3 Å². The second-order valence-electron chi connectivity index (χ2n) is 5.14. The number of carbonyl (C=O) groups excluding carboxylic acids is 1. The molecule has 13 heavy (non-hydrogen) atoms. The van der Waals surface area contributed by atoms with Gasteiger partial charge in [-0.1, -0.05) is 34.6 Å². The average Bonchev–Trinajstić information content (AvgIpc) is 1.96. The molecule has 0 N–H and O–H groups in total. The van der Waals surface area contributed by atoms with E-state index in [0.29, 0.717) is 5.92 Å². The molecule has 2 nitrogen and oxygen atoms in total. The molecule has 0 fully saturated rings. The van der Waals surface area contributed by atoms with Crippen LogP contribution in [-0.2, 0) is 9.53 Å². The van der Waals surface area contributed by atoms with Crippen LogP contribution in [0.1, 0.15) is 41.0 Å². The first-order valence-corrected chi connectivity index (χ1v) is 4.86. The van der Waals surface area contributed by atoms with E-state index in [4.69, 9.17) is 4.74 Å². The maximum atomic E-state index is 11.4. The fourth-order valence-electron chi connectivity index (χ4n) is 1.40. The molecular formula is C11H22O2. The summed E-state index contributed by atoms with van der Waals surface area (Å²) in [5, 5.41) is 0. The third-order valence-corrected chi connectivity index (χ3v) is 2.14. The maximum Gasteiger partial charge on any atom is 0.308 e. The molecular weight excluding hydrogens is 164 g/mol. The number of ether oxygens (including phenoxy) is 1. The van der Waals surface area contributed by atoms with Crippen molar-refractivity contribution >= 4 is 5.97 Å². The minimum atomic E-state index is -0.0788. The molecule has 78 valence electrons. The lowest BCUT2D eigenvalue weighted by molar-refractivity contribution is -0.148. The normalized spacial score (nSPS) is 14.4. The molecule has 0 aliphatic carbocycles. The van der Waals surface area contributed by atoms with Crippen molar-refractivity contribution < 1.29 is 9.53 Å². The van der Waals surface area contributed by atoms with E-state index in [1.165, 1.54) is 7.11 Å². The van der Waals surface area contributed by atoms with Gasteiger partial charge in [-0.25, -0.2) is 0 Å². The van der Waals surface area contributed by atoms with Crippen molar-refractivity contribution in [2.45, 2.75) is 41.0 Å². The fourth-order valence-corrected chi connectivity index (χ4v) is 1.40. The number of methoxy groups -OCH3 is 1. The Morgan fingerprint density at radius 1 is 1.31 bits per heavy atom. The topological polar surface area (TPSA) is 26.3 Å². The van der Waals surface area contributed by atoms with Crippen LogP contribution in [0, 0.1) is 17.3 Å². The van der Waals surface area contributed by atoms with E-state index in [9.17, 15) is 4.79 Å². The van der Waals surface area contributed by atoms with Gasteiger partial charge in [-0.15, -0.1) is 0 Å². The summed E-state index contributed by atoms with van der Waals surface area (Å²) in [7, 11) is 1.46. The van der Waals surface area contributed by atoms with Crippen molar-refractivity contribution in [3.05, 3.63) is 0 Å². The van der Waals surface area contributed by atoms with Gasteiger partial charge in [0.25, 0.3) is 0 Å². The lowest BCUT2D eigenvalue weighted by atomic mass is 9.80. The van der Waals surface area contributed by atoms with E-state index in [0.717, 1.165) is 6.42 Å². The van der Waals surface area contributed by atoms with Crippen LogP contribution in [-0.4, -0.2) is 13.1 Å². The Balaban J connectivity index is 4.36. The van der Waals surface area contributed by atoms with Gasteiger partial charge in [-0.3, -0.25) is 4.79 Å². The highest BCUT2D eigenvalue weighted by Gasteiger charge is 2.27. The first-order chi connectivity index (χ1) is 5.78. The molecule has 0 bridgehead atoms. The summed E-state index contributed by atoms with van der Waals surface area (Å²) in [6.07, 6.45) is 0.886. The van der Waals surface area contributed by atoms with Gasteiger partial charge in [0.15, 0.2) is 0 Å². The van der Waals surface area contributed by atoms with Crippen LogP contribution in [0.15, 0.2) is 0 Å². The first-order valence-electron chi connectivity index (χ1n) is 4.86. The maximum absolute atomic E-state index is 11.4. The highest BCUT2D eigenvalue weighted by Crippen LogP contribution is 2.29. The van der Waals surface area contributed by atoms with Crippen LogP contribution in [0.25, 0.3) is 0 Å². The number of esters is 1. The predicted molar refractivity (Wildman–Crippen MR) is 54.4 cm³/mol. The van der Waals surface area contributed by atoms with Crippen molar-refractivity contribution in [2.75, 3.05) is 7.11 Å². The van der Waals surface area contributed by atoms with Gasteiger partial charge in [0.05, 0.1) is 13.0 Å². The summed E-state index contributed by atoms with van der Waals surface area (Å²) in [6.45, 7) is 10.6. The third-order valence-electron chi connectivity index (χ3n) is 2.14. The zero-order valence-corrected chi connectivity index (χ0v) is 9.68. The number of rotatable bonds is 3. The second-order valence-corrected chi connectivity index (χ2v) is 5.14. The summed E-state index contributed by atoms with van der Waals surface area (Å²) in [6, 6.07) is 0. The molecule has 0 spiro atoms. The zero-order chi connectivity index (χ0) is 10.6. The Morgan fingerprint density at radius 3 is 2.00 bits per heavy atom. The number of carbonyl (C=O) groups is 1. The minimum absolute atomic E-state index is 0.0324. The van der Waals surface area contributed by atoms with Crippen LogP contribution in [0.2, 0.25) is 0 Å². The molecule has 0 aromatic heterocycles. The molecule has 0 rings (SSSR count). The van der Waals surface area contributed by atoms with Gasteiger partial charge >= 0.3 is 5.97 Å². The third kappa shape index (κ3) is 4.91. The number of hydrogen-bond acceptors (Lipinski definition) is 2. The SMILES string of the molecule is COC(=O)C(CC(C)(C)C)C(C)C. The van der Waals surface area contributed by atoms with Crippen LogP contribution in [0.5, 0.6) is 0 Å². The molecule has 1 unspecified atom stereocenters. The van der Waals surface area contributed by atoms with Gasteiger partial charge in [0.2, 0.25) is 0 Å². The van der Waals surface area contributed by atoms with Crippen LogP contribution in [0.3, 0.4) is 0 Å². The van der Waals surface area contributed by atoms with Crippen LogP contribution < -0.4 is 0 Å². The Kier molecular flexibility index (Phi) is 4.45. The van der Waals surface area contributed by atoms with E-state index in [-0.39, 0.29) is 17.3 Å². The molecule has 0 aliphatic heterocycles. The quantitative estimate of drug-likeness (QED) is 0.633. The molecule has 0 aromatic rings. The van der Waals surface area contributed by atoms with E-state index in [1.54, 1.807) is 0 Å². The molecule has 1 atom stereocenters. The highest BCUT2D eigenvalue weighted by molar-refractivity contribution is 5.72. The van der Waals surface area contributed by atoms with E-state index in [1.807, 2.05) is 0 Å². The molecule has 2 heteroatoms.